The molecule has 0 aromatic carbocycles. The Bertz CT molecular complexity index is 244. The minimum Gasteiger partial charge on any atom is -0.105 e. The molecule has 0 radical (unpaired) electrons. The van der Waals surface area contributed by atoms with Crippen LogP contribution in [0.2, 0.25) is 0 Å². The van der Waals surface area contributed by atoms with E-state index < -0.39 is 0 Å². The zero-order chi connectivity index (χ0) is 12.2. The van der Waals surface area contributed by atoms with E-state index in [1.54, 1.807) is 20.7 Å². The molecule has 1 aromatic heterocycles. The summed E-state index contributed by atoms with van der Waals surface area (Å²) in [5.74, 6) is 2.48. The molecule has 0 spiro atoms. The van der Waals surface area contributed by atoms with Gasteiger partial charge in [0.05, 0.1) is 0 Å². The highest BCUT2D eigenvalue weighted by Gasteiger charge is 1.95. The Morgan fingerprint density at radius 3 is 2.00 bits per heavy atom. The number of hydrogen-bond acceptors (Lipinski definition) is 0. The van der Waals surface area contributed by atoms with Gasteiger partial charge in [0, 0.05) is 0 Å². The van der Waals surface area contributed by atoms with Gasteiger partial charge >= 0.3 is 0 Å². The molecule has 17 heavy (non-hydrogen) atoms. The first-order valence-corrected chi connectivity index (χ1v) is 11.7. The van der Waals surface area contributed by atoms with Crippen LogP contribution in [0.15, 0.2) is 5.80 Å². The molecular formula is C14H27P3. The van der Waals surface area contributed by atoms with Crippen LogP contribution in [-0.4, -0.2) is 0 Å². The Morgan fingerprint density at radius 2 is 1.47 bits per heavy atom. The van der Waals surface area contributed by atoms with Crippen LogP contribution in [0.1, 0.15) is 76.4 Å². The molecule has 1 rings (SSSR count). The van der Waals surface area contributed by atoms with E-state index in [0.717, 1.165) is 7.87 Å². The fraction of sp³-hybridized carbons (Fsp3) is 0.857. The van der Waals surface area contributed by atoms with E-state index in [1.807, 2.05) is 0 Å². The maximum absolute atomic E-state index is 2.48. The fourth-order valence-electron chi connectivity index (χ4n) is 2.14. The summed E-state index contributed by atoms with van der Waals surface area (Å²) >= 11 is 0. The first-order valence-electron chi connectivity index (χ1n) is 7.29. The summed E-state index contributed by atoms with van der Waals surface area (Å²) in [6, 6.07) is 0. The minimum absolute atomic E-state index is 1.10. The predicted octanol–water partition coefficient (Wildman–Crippen LogP) is 7.34. The molecule has 0 aliphatic rings. The molecule has 0 aliphatic heterocycles. The van der Waals surface area contributed by atoms with E-state index in [-0.39, 0.29) is 0 Å². The summed E-state index contributed by atoms with van der Waals surface area (Å²) in [4.78, 5) is 0. The van der Waals surface area contributed by atoms with E-state index in [9.17, 15) is 0 Å². The van der Waals surface area contributed by atoms with E-state index in [1.165, 1.54) is 70.6 Å². The first-order chi connectivity index (χ1) is 8.43. The van der Waals surface area contributed by atoms with Gasteiger partial charge in [-0.25, -0.2) is 0 Å². The van der Waals surface area contributed by atoms with Crippen molar-refractivity contribution in [3.63, 3.8) is 0 Å². The van der Waals surface area contributed by atoms with Crippen molar-refractivity contribution in [2.45, 2.75) is 77.6 Å². The Labute approximate surface area is 112 Å². The van der Waals surface area contributed by atoms with Gasteiger partial charge in [-0.05, 0) is 39.4 Å². The van der Waals surface area contributed by atoms with Gasteiger partial charge in [-0.15, -0.1) is 7.87 Å². The average molecular weight is 288 g/mol. The lowest BCUT2D eigenvalue weighted by Crippen LogP contribution is -1.83. The highest BCUT2D eigenvalue weighted by molar-refractivity contribution is 8.17. The number of rotatable bonds is 11. The van der Waals surface area contributed by atoms with Crippen molar-refractivity contribution in [1.29, 1.82) is 0 Å². The van der Waals surface area contributed by atoms with E-state index in [2.05, 4.69) is 12.7 Å². The summed E-state index contributed by atoms with van der Waals surface area (Å²) in [7, 11) is 4.35. The van der Waals surface area contributed by atoms with Crippen LogP contribution in [0.5, 0.6) is 0 Å². The van der Waals surface area contributed by atoms with Crippen LogP contribution in [0, 0.1) is 0 Å². The van der Waals surface area contributed by atoms with Crippen molar-refractivity contribution in [1.82, 2.24) is 0 Å². The molecule has 0 aliphatic carbocycles. The molecule has 0 bridgehead atoms. The second-order valence-electron chi connectivity index (χ2n) is 4.90. The lowest BCUT2D eigenvalue weighted by molar-refractivity contribution is 0.557. The Hall–Kier alpha value is 0.640. The SMILES string of the molecule is CCCCCCCCCCCCc1c[pH]pp1. The van der Waals surface area contributed by atoms with Crippen molar-refractivity contribution in [3.05, 3.63) is 11.1 Å². The second-order valence-corrected chi connectivity index (χ2v) is 10.2. The maximum Gasteiger partial charge on any atom is -0.0118 e. The summed E-state index contributed by atoms with van der Waals surface area (Å²) in [5.41, 5.74) is 0. The van der Waals surface area contributed by atoms with Crippen molar-refractivity contribution < 1.29 is 0 Å². The number of hydrogen-bond donors (Lipinski definition) is 0. The topological polar surface area (TPSA) is 0 Å². The van der Waals surface area contributed by atoms with Gasteiger partial charge in [-0.1, -0.05) is 64.7 Å². The lowest BCUT2D eigenvalue weighted by Gasteiger charge is -2.01. The van der Waals surface area contributed by atoms with E-state index in [0.29, 0.717) is 0 Å². The van der Waals surface area contributed by atoms with Crippen LogP contribution in [-0.2, 0) is 6.42 Å². The van der Waals surface area contributed by atoms with Crippen LogP contribution >= 0.6 is 23.3 Å². The number of unbranched alkanes of at least 4 members (excludes halogenated alkanes) is 9. The average Bonchev–Trinajstić information content (AvgIpc) is 2.85. The molecule has 0 saturated heterocycles. The van der Waals surface area contributed by atoms with Gasteiger partial charge in [-0.3, -0.25) is 0 Å². The van der Waals surface area contributed by atoms with Gasteiger partial charge in [-0.2, -0.15) is 0 Å². The third-order valence-electron chi connectivity index (χ3n) is 3.25. The zero-order valence-corrected chi connectivity index (χ0v) is 14.0. The largest absolute Gasteiger partial charge is 0.105 e. The Kier molecular flexibility index (Phi) is 10.8. The van der Waals surface area contributed by atoms with Crippen LogP contribution in [0.25, 0.3) is 0 Å². The zero-order valence-electron chi connectivity index (χ0n) is 11.2. The molecule has 0 nitrogen and oxygen atoms in total. The third-order valence-corrected chi connectivity index (χ3v) is 8.54. The van der Waals surface area contributed by atoms with Crippen LogP contribution in [0.3, 0.4) is 0 Å². The van der Waals surface area contributed by atoms with Gasteiger partial charge in [0.25, 0.3) is 0 Å². The third kappa shape index (κ3) is 9.25. The van der Waals surface area contributed by atoms with E-state index in [4.69, 9.17) is 0 Å². The molecule has 0 amide bonds. The fourth-order valence-corrected chi connectivity index (χ4v) is 7.88. The molecule has 1 unspecified atom stereocenters. The second kappa shape index (κ2) is 11.7. The van der Waals surface area contributed by atoms with Gasteiger partial charge in [0.15, 0.2) is 0 Å². The molecule has 0 fully saturated rings. The van der Waals surface area contributed by atoms with Crippen molar-refractivity contribution >= 4 is 23.3 Å². The minimum atomic E-state index is 1.10. The molecule has 0 saturated carbocycles. The Morgan fingerprint density at radius 1 is 0.882 bits per heavy atom. The predicted molar refractivity (Wildman–Crippen MR) is 86.5 cm³/mol. The summed E-state index contributed by atoms with van der Waals surface area (Å²) in [6.45, 7) is 2.29. The summed E-state index contributed by atoms with van der Waals surface area (Å²) in [6.07, 6.45) is 15.9. The van der Waals surface area contributed by atoms with Crippen molar-refractivity contribution in [2.24, 2.45) is 0 Å². The highest BCUT2D eigenvalue weighted by atomic mass is 32.1. The molecule has 98 valence electrons. The normalized spacial score (nSPS) is 12.3. The number of aryl methyl sites for hydroxylation is 1. The van der Waals surface area contributed by atoms with Gasteiger partial charge in [0.1, 0.15) is 0 Å². The quantitative estimate of drug-likeness (QED) is 0.373. The smallest absolute Gasteiger partial charge is 0.0118 e. The first kappa shape index (κ1) is 15.7. The summed E-state index contributed by atoms with van der Waals surface area (Å²) in [5, 5.41) is 1.73. The van der Waals surface area contributed by atoms with E-state index >= 15 is 0 Å². The maximum atomic E-state index is 2.48. The van der Waals surface area contributed by atoms with Gasteiger partial charge in [0.2, 0.25) is 0 Å². The molecule has 1 heterocycles. The molecule has 1 atom stereocenters. The Balaban J connectivity index is 1.76. The molecular weight excluding hydrogens is 261 g/mol. The molecule has 3 heteroatoms. The van der Waals surface area contributed by atoms with Crippen LogP contribution in [0.4, 0.5) is 0 Å². The highest BCUT2D eigenvalue weighted by Crippen LogP contribution is 2.37. The van der Waals surface area contributed by atoms with Crippen molar-refractivity contribution in [2.75, 3.05) is 0 Å². The molecule has 1 aromatic rings. The summed E-state index contributed by atoms with van der Waals surface area (Å²) < 4.78 is 0. The molecule has 0 N–H and O–H groups in total. The monoisotopic (exact) mass is 288 g/mol. The van der Waals surface area contributed by atoms with Crippen LogP contribution < -0.4 is 0 Å². The van der Waals surface area contributed by atoms with Gasteiger partial charge < -0.3 is 0 Å². The lowest BCUT2D eigenvalue weighted by atomic mass is 10.1. The van der Waals surface area contributed by atoms with Crippen molar-refractivity contribution in [3.8, 4) is 0 Å². The standard InChI is InChI=1S/C14H27P3/c1-2-3-4-5-6-7-8-9-10-11-12-14-13-15-17-16-14/h13,15H,2-12H2,1H3.